The number of non-ortho nitro benzene ring substituents is 1. The van der Waals surface area contributed by atoms with Gasteiger partial charge in [0.1, 0.15) is 0 Å². The maximum Gasteiger partial charge on any atom is 0.279 e. The van der Waals surface area contributed by atoms with Crippen molar-refractivity contribution in [2.75, 3.05) is 0 Å². The standard InChI is InChI=1S/C9H11N3O4/c1-5-8(6(2)10)3-7(11(13)14)4-9(5)12(15)16/h3-4,6H,10H2,1-2H3/t6-/m1/s1. The van der Waals surface area contributed by atoms with E-state index in [4.69, 9.17) is 5.73 Å². The first-order valence-electron chi connectivity index (χ1n) is 4.53. The number of nitrogens with zero attached hydrogens (tertiary/aromatic N) is 2. The second kappa shape index (κ2) is 4.23. The van der Waals surface area contributed by atoms with Gasteiger partial charge in [-0.1, -0.05) is 0 Å². The van der Waals surface area contributed by atoms with E-state index in [1.807, 2.05) is 0 Å². The van der Waals surface area contributed by atoms with Gasteiger partial charge in [-0.25, -0.2) is 0 Å². The highest BCUT2D eigenvalue weighted by Gasteiger charge is 2.22. The summed E-state index contributed by atoms with van der Waals surface area (Å²) in [6, 6.07) is 1.73. The van der Waals surface area contributed by atoms with Gasteiger partial charge in [0, 0.05) is 17.7 Å². The SMILES string of the molecule is Cc1c([C@@H](C)N)cc([N+](=O)[O-])cc1[N+](=O)[O-]. The van der Waals surface area contributed by atoms with Crippen molar-refractivity contribution in [3.8, 4) is 0 Å². The van der Waals surface area contributed by atoms with Crippen LogP contribution in [0.5, 0.6) is 0 Å². The fourth-order valence-corrected chi connectivity index (χ4v) is 1.47. The van der Waals surface area contributed by atoms with Gasteiger partial charge >= 0.3 is 0 Å². The van der Waals surface area contributed by atoms with Gasteiger partial charge in [0.15, 0.2) is 0 Å². The van der Waals surface area contributed by atoms with Crippen molar-refractivity contribution >= 4 is 11.4 Å². The zero-order valence-corrected chi connectivity index (χ0v) is 8.84. The average Bonchev–Trinajstić information content (AvgIpc) is 2.16. The molecule has 0 aromatic heterocycles. The Kier molecular flexibility index (Phi) is 3.19. The summed E-state index contributed by atoms with van der Waals surface area (Å²) in [6.45, 7) is 3.15. The maximum atomic E-state index is 10.7. The van der Waals surface area contributed by atoms with Crippen molar-refractivity contribution in [2.24, 2.45) is 5.73 Å². The van der Waals surface area contributed by atoms with Gasteiger partial charge in [-0.15, -0.1) is 0 Å². The molecule has 0 unspecified atom stereocenters. The van der Waals surface area contributed by atoms with Crippen LogP contribution < -0.4 is 5.73 Å². The Bertz CT molecular complexity index is 456. The van der Waals surface area contributed by atoms with Gasteiger partial charge in [-0.2, -0.15) is 0 Å². The zero-order valence-electron chi connectivity index (χ0n) is 8.84. The lowest BCUT2D eigenvalue weighted by Crippen LogP contribution is -2.09. The molecule has 1 aromatic carbocycles. The molecule has 0 aliphatic rings. The van der Waals surface area contributed by atoms with Crippen LogP contribution in [0.15, 0.2) is 12.1 Å². The molecule has 1 aromatic rings. The van der Waals surface area contributed by atoms with E-state index in [0.29, 0.717) is 11.1 Å². The van der Waals surface area contributed by atoms with Gasteiger partial charge in [0.25, 0.3) is 11.4 Å². The molecule has 0 fully saturated rings. The molecule has 0 radical (unpaired) electrons. The Labute approximate surface area is 91.2 Å². The van der Waals surface area contributed by atoms with Crippen LogP contribution >= 0.6 is 0 Å². The van der Waals surface area contributed by atoms with Crippen LogP contribution in [-0.4, -0.2) is 9.85 Å². The molecule has 0 bridgehead atoms. The second-order valence-electron chi connectivity index (χ2n) is 3.48. The minimum Gasteiger partial charge on any atom is -0.324 e. The van der Waals surface area contributed by atoms with Crippen LogP contribution in [0.2, 0.25) is 0 Å². The molecule has 7 nitrogen and oxygen atoms in total. The fraction of sp³-hybridized carbons (Fsp3) is 0.333. The van der Waals surface area contributed by atoms with E-state index in [0.717, 1.165) is 6.07 Å². The molecular weight excluding hydrogens is 214 g/mol. The molecule has 0 heterocycles. The molecule has 7 heteroatoms. The number of nitrogens with two attached hydrogens (primary N) is 1. The summed E-state index contributed by atoms with van der Waals surface area (Å²) in [5.41, 5.74) is 5.80. The Morgan fingerprint density at radius 1 is 1.25 bits per heavy atom. The van der Waals surface area contributed by atoms with E-state index in [1.54, 1.807) is 6.92 Å². The van der Waals surface area contributed by atoms with E-state index in [1.165, 1.54) is 13.0 Å². The number of nitro groups is 2. The van der Waals surface area contributed by atoms with Crippen LogP contribution in [0, 0.1) is 27.2 Å². The van der Waals surface area contributed by atoms with Gasteiger partial charge in [-0.05, 0) is 19.4 Å². The summed E-state index contributed by atoms with van der Waals surface area (Å²) < 4.78 is 0. The van der Waals surface area contributed by atoms with Crippen molar-refractivity contribution < 1.29 is 9.85 Å². The third-order valence-corrected chi connectivity index (χ3v) is 2.30. The Morgan fingerprint density at radius 2 is 1.81 bits per heavy atom. The first kappa shape index (κ1) is 12.1. The molecule has 1 rings (SSSR count). The van der Waals surface area contributed by atoms with Crippen LogP contribution in [0.4, 0.5) is 11.4 Å². The quantitative estimate of drug-likeness (QED) is 0.622. The second-order valence-corrected chi connectivity index (χ2v) is 3.48. The highest BCUT2D eigenvalue weighted by atomic mass is 16.6. The van der Waals surface area contributed by atoms with Crippen molar-refractivity contribution in [3.63, 3.8) is 0 Å². The molecule has 1 atom stereocenters. The summed E-state index contributed by atoms with van der Waals surface area (Å²) in [7, 11) is 0. The highest BCUT2D eigenvalue weighted by molar-refractivity contribution is 5.54. The molecule has 0 aliphatic carbocycles. The van der Waals surface area contributed by atoms with E-state index >= 15 is 0 Å². The molecule has 2 N–H and O–H groups in total. The fourth-order valence-electron chi connectivity index (χ4n) is 1.47. The predicted octanol–water partition coefficient (Wildman–Crippen LogP) is 1.83. The Hall–Kier alpha value is -2.02. The van der Waals surface area contributed by atoms with Gasteiger partial charge < -0.3 is 5.73 Å². The van der Waals surface area contributed by atoms with Crippen molar-refractivity contribution in [1.29, 1.82) is 0 Å². The summed E-state index contributed by atoms with van der Waals surface area (Å²) in [4.78, 5) is 20.0. The Morgan fingerprint density at radius 3 is 2.19 bits per heavy atom. The summed E-state index contributed by atoms with van der Waals surface area (Å²) in [6.07, 6.45) is 0. The van der Waals surface area contributed by atoms with E-state index in [-0.39, 0.29) is 11.4 Å². The molecule has 0 saturated heterocycles. The minimum absolute atomic E-state index is 0.276. The average molecular weight is 225 g/mol. The lowest BCUT2D eigenvalue weighted by Gasteiger charge is -2.09. The smallest absolute Gasteiger partial charge is 0.279 e. The van der Waals surface area contributed by atoms with Crippen molar-refractivity contribution in [1.82, 2.24) is 0 Å². The molecule has 0 saturated carbocycles. The summed E-state index contributed by atoms with van der Waals surface area (Å²) >= 11 is 0. The van der Waals surface area contributed by atoms with Crippen LogP contribution in [0.1, 0.15) is 24.1 Å². The summed E-state index contributed by atoms with van der Waals surface area (Å²) in [5.74, 6) is 0. The predicted molar refractivity (Wildman–Crippen MR) is 57.1 cm³/mol. The van der Waals surface area contributed by atoms with E-state index in [2.05, 4.69) is 0 Å². The number of rotatable bonds is 3. The number of hydrogen-bond donors (Lipinski definition) is 1. The molecular formula is C9H11N3O4. The molecule has 86 valence electrons. The van der Waals surface area contributed by atoms with E-state index < -0.39 is 15.9 Å². The van der Waals surface area contributed by atoms with Crippen LogP contribution in [0.25, 0.3) is 0 Å². The largest absolute Gasteiger partial charge is 0.324 e. The van der Waals surface area contributed by atoms with Crippen LogP contribution in [-0.2, 0) is 0 Å². The normalized spacial score (nSPS) is 12.2. The monoisotopic (exact) mass is 225 g/mol. The minimum atomic E-state index is -0.668. The lowest BCUT2D eigenvalue weighted by molar-refractivity contribution is -0.394. The third kappa shape index (κ3) is 2.14. The number of nitro benzene ring substituents is 2. The van der Waals surface area contributed by atoms with Crippen molar-refractivity contribution in [2.45, 2.75) is 19.9 Å². The third-order valence-electron chi connectivity index (χ3n) is 2.30. The lowest BCUT2D eigenvalue weighted by atomic mass is 10.0. The van der Waals surface area contributed by atoms with E-state index in [9.17, 15) is 20.2 Å². The van der Waals surface area contributed by atoms with Crippen LogP contribution in [0.3, 0.4) is 0 Å². The first-order valence-corrected chi connectivity index (χ1v) is 4.53. The molecule has 0 aliphatic heterocycles. The Balaban J connectivity index is 3.51. The number of benzene rings is 1. The van der Waals surface area contributed by atoms with Gasteiger partial charge in [0.05, 0.1) is 15.9 Å². The topological polar surface area (TPSA) is 112 Å². The summed E-state index contributed by atoms with van der Waals surface area (Å²) in [5, 5.41) is 21.3. The zero-order chi connectivity index (χ0) is 12.5. The number of hydrogen-bond acceptors (Lipinski definition) is 5. The van der Waals surface area contributed by atoms with Gasteiger partial charge in [-0.3, -0.25) is 20.2 Å². The van der Waals surface area contributed by atoms with Crippen molar-refractivity contribution in [3.05, 3.63) is 43.5 Å². The van der Waals surface area contributed by atoms with Gasteiger partial charge in [0.2, 0.25) is 0 Å². The highest BCUT2D eigenvalue weighted by Crippen LogP contribution is 2.30. The molecule has 0 spiro atoms. The molecule has 16 heavy (non-hydrogen) atoms. The first-order chi connectivity index (χ1) is 7.34. The molecule has 0 amide bonds. The maximum absolute atomic E-state index is 10.7.